The fraction of sp³-hybridized carbons (Fsp3) is 0.267. The van der Waals surface area contributed by atoms with Crippen LogP contribution in [-0.4, -0.2) is 36.2 Å². The molecular formula is C30H28ClFN4O2. The molecule has 6 nitrogen and oxygen atoms in total. The normalized spacial score (nSPS) is 14.3. The van der Waals surface area contributed by atoms with Crippen molar-refractivity contribution >= 4 is 33.9 Å². The van der Waals surface area contributed by atoms with Crippen LogP contribution in [0, 0.1) is 24.1 Å². The van der Waals surface area contributed by atoms with Crippen LogP contribution in [0.3, 0.4) is 0 Å². The van der Waals surface area contributed by atoms with E-state index >= 15 is 0 Å². The average molecular weight is 531 g/mol. The van der Waals surface area contributed by atoms with Crippen molar-refractivity contribution in [2.24, 2.45) is 0 Å². The fourth-order valence-electron chi connectivity index (χ4n) is 4.77. The maximum absolute atomic E-state index is 15.0. The van der Waals surface area contributed by atoms with Crippen molar-refractivity contribution in [3.05, 3.63) is 88.3 Å². The standard InChI is InChI=1S/C30H28ClFN4O2/c1-19-24(31)8-9-25(29(19)32)35-30-21(16-33)17-34-26-15-27(37-2)28(14-23(26)30)38-22-10-12-36(13-11-22)18-20-6-4-3-5-7-20/h3-9,14-15,17,22H,10-13,18H2,1-2H3,(H,34,35). The molecule has 0 atom stereocenters. The highest BCUT2D eigenvalue weighted by Crippen LogP contribution is 2.39. The molecule has 0 aliphatic carbocycles. The van der Waals surface area contributed by atoms with E-state index in [0.717, 1.165) is 32.5 Å². The van der Waals surface area contributed by atoms with E-state index < -0.39 is 5.82 Å². The van der Waals surface area contributed by atoms with E-state index in [4.69, 9.17) is 21.1 Å². The lowest BCUT2D eigenvalue weighted by atomic mass is 10.1. The van der Waals surface area contributed by atoms with Gasteiger partial charge < -0.3 is 14.8 Å². The first-order valence-electron chi connectivity index (χ1n) is 12.5. The number of aromatic nitrogens is 1. The molecule has 4 aromatic rings. The largest absolute Gasteiger partial charge is 0.493 e. The topological polar surface area (TPSA) is 70.4 Å². The Hall–Kier alpha value is -3.86. The maximum Gasteiger partial charge on any atom is 0.162 e. The molecule has 2 heterocycles. The number of rotatable bonds is 7. The number of benzene rings is 3. The Kier molecular flexibility index (Phi) is 7.64. The van der Waals surface area contributed by atoms with Gasteiger partial charge >= 0.3 is 0 Å². The Morgan fingerprint density at radius 3 is 2.61 bits per heavy atom. The summed E-state index contributed by atoms with van der Waals surface area (Å²) in [5, 5.41) is 13.9. The molecule has 0 radical (unpaired) electrons. The minimum absolute atomic E-state index is 0.0215. The summed E-state index contributed by atoms with van der Waals surface area (Å²) < 4.78 is 27.0. The molecule has 1 N–H and O–H groups in total. The zero-order valence-corrected chi connectivity index (χ0v) is 22.1. The number of halogens is 2. The Bertz CT molecular complexity index is 1500. The first-order chi connectivity index (χ1) is 18.5. The van der Waals surface area contributed by atoms with Crippen LogP contribution in [0.5, 0.6) is 11.5 Å². The smallest absolute Gasteiger partial charge is 0.162 e. The van der Waals surface area contributed by atoms with E-state index in [2.05, 4.69) is 45.5 Å². The number of fused-ring (bicyclic) bond motifs is 1. The van der Waals surface area contributed by atoms with Crippen LogP contribution < -0.4 is 14.8 Å². The number of hydrogen-bond donors (Lipinski definition) is 1. The van der Waals surface area contributed by atoms with Crippen LogP contribution >= 0.6 is 11.6 Å². The Labute approximate surface area is 226 Å². The summed E-state index contributed by atoms with van der Waals surface area (Å²) in [6.45, 7) is 4.39. The van der Waals surface area contributed by atoms with Gasteiger partial charge in [0.05, 0.1) is 29.6 Å². The minimum Gasteiger partial charge on any atom is -0.493 e. The quantitative estimate of drug-likeness (QED) is 0.277. The molecule has 0 spiro atoms. The third-order valence-corrected chi connectivity index (χ3v) is 7.34. The van der Waals surface area contributed by atoms with Gasteiger partial charge in [-0.3, -0.25) is 9.88 Å². The minimum atomic E-state index is -0.474. The van der Waals surface area contributed by atoms with E-state index in [-0.39, 0.29) is 17.4 Å². The van der Waals surface area contributed by atoms with E-state index in [0.29, 0.717) is 38.7 Å². The van der Waals surface area contributed by atoms with Crippen molar-refractivity contribution in [2.75, 3.05) is 25.5 Å². The molecule has 1 aliphatic rings. The van der Waals surface area contributed by atoms with E-state index in [1.54, 1.807) is 32.2 Å². The highest BCUT2D eigenvalue weighted by molar-refractivity contribution is 6.31. The van der Waals surface area contributed by atoms with Crippen molar-refractivity contribution in [3.63, 3.8) is 0 Å². The zero-order chi connectivity index (χ0) is 26.6. The molecule has 38 heavy (non-hydrogen) atoms. The van der Waals surface area contributed by atoms with Crippen LogP contribution in [0.2, 0.25) is 5.02 Å². The van der Waals surface area contributed by atoms with Crippen molar-refractivity contribution < 1.29 is 13.9 Å². The lowest BCUT2D eigenvalue weighted by Gasteiger charge is -2.32. The average Bonchev–Trinajstić information content (AvgIpc) is 2.94. The van der Waals surface area contributed by atoms with Crippen molar-refractivity contribution in [1.82, 2.24) is 9.88 Å². The predicted molar refractivity (Wildman–Crippen MR) is 148 cm³/mol. The number of nitriles is 1. The molecular weight excluding hydrogens is 503 g/mol. The summed E-state index contributed by atoms with van der Waals surface area (Å²) in [7, 11) is 1.59. The highest BCUT2D eigenvalue weighted by Gasteiger charge is 2.23. The van der Waals surface area contributed by atoms with Crippen LogP contribution in [0.4, 0.5) is 15.8 Å². The first-order valence-corrected chi connectivity index (χ1v) is 12.9. The van der Waals surface area contributed by atoms with Crippen LogP contribution in [0.1, 0.15) is 29.5 Å². The van der Waals surface area contributed by atoms with Gasteiger partial charge in [-0.25, -0.2) is 4.39 Å². The summed E-state index contributed by atoms with van der Waals surface area (Å²) in [5.41, 5.74) is 3.19. The number of pyridine rings is 1. The van der Waals surface area contributed by atoms with E-state index in [9.17, 15) is 9.65 Å². The Morgan fingerprint density at radius 2 is 1.89 bits per heavy atom. The monoisotopic (exact) mass is 530 g/mol. The van der Waals surface area contributed by atoms with Crippen LogP contribution in [0.25, 0.3) is 10.9 Å². The van der Waals surface area contributed by atoms with Gasteiger partial charge in [-0.2, -0.15) is 5.26 Å². The second-order valence-corrected chi connectivity index (χ2v) is 9.82. The van der Waals surface area contributed by atoms with E-state index in [1.807, 2.05) is 12.1 Å². The lowest BCUT2D eigenvalue weighted by molar-refractivity contribution is 0.0945. The molecule has 8 heteroatoms. The number of nitrogens with zero attached hydrogens (tertiary/aromatic N) is 3. The molecule has 0 unspecified atom stereocenters. The number of piperidine rings is 1. The maximum atomic E-state index is 15.0. The van der Waals surface area contributed by atoms with Gasteiger partial charge in [0.15, 0.2) is 17.3 Å². The highest BCUT2D eigenvalue weighted by atomic mass is 35.5. The van der Waals surface area contributed by atoms with Crippen LogP contribution in [0.15, 0.2) is 60.8 Å². The number of nitrogens with one attached hydrogen (secondary N) is 1. The third-order valence-electron chi connectivity index (χ3n) is 6.93. The summed E-state index contributed by atoms with van der Waals surface area (Å²) in [6.07, 6.45) is 3.25. The molecule has 194 valence electrons. The van der Waals surface area contributed by atoms with Crippen molar-refractivity contribution in [2.45, 2.75) is 32.4 Å². The number of hydrogen-bond acceptors (Lipinski definition) is 6. The molecule has 1 aliphatic heterocycles. The SMILES string of the molecule is COc1cc2ncc(C#N)c(Nc3ccc(Cl)c(C)c3F)c2cc1OC1CCN(Cc2ccccc2)CC1. The first kappa shape index (κ1) is 25.8. The molecule has 5 rings (SSSR count). The van der Waals surface area contributed by atoms with Crippen molar-refractivity contribution in [1.29, 1.82) is 5.26 Å². The summed E-state index contributed by atoms with van der Waals surface area (Å²) in [6, 6.07) is 19.4. The van der Waals surface area contributed by atoms with Gasteiger partial charge in [-0.05, 0) is 43.5 Å². The van der Waals surface area contributed by atoms with E-state index in [1.165, 1.54) is 11.8 Å². The van der Waals surface area contributed by atoms with Crippen molar-refractivity contribution in [3.8, 4) is 17.6 Å². The molecule has 1 saturated heterocycles. The van der Waals surface area contributed by atoms with Crippen LogP contribution in [-0.2, 0) is 6.54 Å². The predicted octanol–water partition coefficient (Wildman–Crippen LogP) is 7.00. The molecule has 0 bridgehead atoms. The second-order valence-electron chi connectivity index (χ2n) is 9.42. The summed E-state index contributed by atoms with van der Waals surface area (Å²) in [4.78, 5) is 6.87. The second kappa shape index (κ2) is 11.3. The van der Waals surface area contributed by atoms with Gasteiger partial charge in [0.1, 0.15) is 12.2 Å². The van der Waals surface area contributed by atoms with Gasteiger partial charge in [-0.1, -0.05) is 41.9 Å². The number of likely N-dealkylation sites (tertiary alicyclic amines) is 1. The number of anilines is 2. The Morgan fingerprint density at radius 1 is 1.13 bits per heavy atom. The van der Waals surface area contributed by atoms with Gasteiger partial charge in [-0.15, -0.1) is 0 Å². The summed E-state index contributed by atoms with van der Waals surface area (Å²) in [5.74, 6) is 0.647. The summed E-state index contributed by atoms with van der Waals surface area (Å²) >= 11 is 6.08. The number of methoxy groups -OCH3 is 1. The fourth-order valence-corrected chi connectivity index (χ4v) is 4.92. The molecule has 0 amide bonds. The molecule has 0 saturated carbocycles. The lowest BCUT2D eigenvalue weighted by Crippen LogP contribution is -2.37. The molecule has 1 fully saturated rings. The van der Waals surface area contributed by atoms with Gasteiger partial charge in [0, 0.05) is 47.9 Å². The molecule has 1 aromatic heterocycles. The third kappa shape index (κ3) is 5.38. The number of ether oxygens (including phenoxy) is 2. The van der Waals surface area contributed by atoms with Gasteiger partial charge in [0.2, 0.25) is 0 Å². The Balaban J connectivity index is 1.41. The molecule has 3 aromatic carbocycles. The zero-order valence-electron chi connectivity index (χ0n) is 21.3. The van der Waals surface area contributed by atoms with Gasteiger partial charge in [0.25, 0.3) is 0 Å².